The maximum Gasteiger partial charge on any atom is 0.318 e. The molecule has 4 unspecified atom stereocenters. The Morgan fingerprint density at radius 1 is 1.21 bits per heavy atom. The number of piperazine rings is 1. The molecule has 2 aromatic rings. The van der Waals surface area contributed by atoms with E-state index in [0.717, 1.165) is 24.9 Å². The van der Waals surface area contributed by atoms with E-state index in [-0.39, 0.29) is 56.0 Å². The third-order valence-electron chi connectivity index (χ3n) is 10.6. The fraction of sp³-hybridized carbons (Fsp3) is 0.545. The second-order valence-electron chi connectivity index (χ2n) is 13.4. The number of nitriles is 1. The maximum absolute atomic E-state index is 14.7. The van der Waals surface area contributed by atoms with Crippen molar-refractivity contribution < 1.29 is 27.5 Å². The summed E-state index contributed by atoms with van der Waals surface area (Å²) in [5.74, 6) is -2.51. The Labute approximate surface area is 275 Å². The van der Waals surface area contributed by atoms with Gasteiger partial charge in [-0.1, -0.05) is 18.2 Å². The van der Waals surface area contributed by atoms with Gasteiger partial charge in [0.05, 0.1) is 35.2 Å². The average molecular weight is 670 g/mol. The van der Waals surface area contributed by atoms with Crippen LogP contribution in [0.1, 0.15) is 55.3 Å². The first kappa shape index (κ1) is 31.7. The van der Waals surface area contributed by atoms with Gasteiger partial charge in [-0.25, -0.2) is 13.2 Å². The molecule has 2 amide bonds. The van der Waals surface area contributed by atoms with Gasteiger partial charge in [0.25, 0.3) is 5.91 Å². The molecule has 3 fully saturated rings. The Balaban J connectivity index is 1.28. The summed E-state index contributed by atoms with van der Waals surface area (Å²) in [5.41, 5.74) is 0.537. The van der Waals surface area contributed by atoms with Crippen LogP contribution in [-0.2, 0) is 27.8 Å². The largest absolute Gasteiger partial charge is 0.461 e. The molecular weight excluding hydrogens is 635 g/mol. The van der Waals surface area contributed by atoms with Gasteiger partial charge in [0.15, 0.2) is 11.6 Å². The number of carbonyl (C=O) groups is 2. The quantitative estimate of drug-likeness (QED) is 0.450. The van der Waals surface area contributed by atoms with Crippen LogP contribution in [0.5, 0.6) is 6.01 Å². The maximum atomic E-state index is 14.7. The minimum Gasteiger partial charge on any atom is -0.461 e. The molecule has 1 aliphatic carbocycles. The number of nitrogens with one attached hydrogen (secondary N) is 1. The molecule has 1 spiro atoms. The number of hydrogen-bond donors (Lipinski definition) is 1. The van der Waals surface area contributed by atoms with Crippen molar-refractivity contribution in [3.05, 3.63) is 52.2 Å². The molecule has 4 atom stereocenters. The van der Waals surface area contributed by atoms with Crippen LogP contribution in [0, 0.1) is 17.1 Å². The molecule has 10 nitrogen and oxygen atoms in total. The highest BCUT2D eigenvalue weighted by molar-refractivity contribution is 6.31. The zero-order chi connectivity index (χ0) is 33.1. The van der Waals surface area contributed by atoms with E-state index in [1.165, 1.54) is 17.0 Å². The zero-order valence-electron chi connectivity index (χ0n) is 25.8. The van der Waals surface area contributed by atoms with Gasteiger partial charge in [0.1, 0.15) is 24.3 Å². The molecule has 248 valence electrons. The van der Waals surface area contributed by atoms with Crippen molar-refractivity contribution in [1.82, 2.24) is 19.8 Å². The Morgan fingerprint density at radius 3 is 2.83 bits per heavy atom. The number of benzene rings is 1. The molecule has 5 aliphatic rings. The van der Waals surface area contributed by atoms with E-state index < -0.39 is 40.7 Å². The summed E-state index contributed by atoms with van der Waals surface area (Å²) in [4.78, 5) is 41.5. The van der Waals surface area contributed by atoms with Gasteiger partial charge in [-0.05, 0) is 61.9 Å². The zero-order valence-corrected chi connectivity index (χ0v) is 26.6. The lowest BCUT2D eigenvalue weighted by molar-refractivity contribution is -0.131. The Hall–Kier alpha value is -3.89. The highest BCUT2D eigenvalue weighted by Gasteiger charge is 2.51. The molecule has 1 aromatic carbocycles. The summed E-state index contributed by atoms with van der Waals surface area (Å²) >= 11 is 6.47. The van der Waals surface area contributed by atoms with E-state index in [1.807, 2.05) is 4.90 Å². The fourth-order valence-corrected chi connectivity index (χ4v) is 8.73. The topological polar surface area (TPSA) is 115 Å². The number of amides is 2. The molecular formula is C33H35ClF3N7O3. The third kappa shape index (κ3) is 5.39. The molecule has 0 bridgehead atoms. The summed E-state index contributed by atoms with van der Waals surface area (Å²) < 4.78 is 49.4. The van der Waals surface area contributed by atoms with E-state index in [2.05, 4.69) is 22.9 Å². The van der Waals surface area contributed by atoms with Crippen LogP contribution in [0.4, 0.5) is 24.7 Å². The van der Waals surface area contributed by atoms with Crippen LogP contribution >= 0.6 is 11.6 Å². The molecule has 3 saturated heterocycles. The summed E-state index contributed by atoms with van der Waals surface area (Å²) in [6.45, 7) is 4.90. The van der Waals surface area contributed by atoms with Crippen molar-refractivity contribution in [2.75, 3.05) is 49.5 Å². The normalized spacial score (nSPS) is 28.4. The molecule has 47 heavy (non-hydrogen) atoms. The molecule has 1 aromatic heterocycles. The summed E-state index contributed by atoms with van der Waals surface area (Å²) in [6.07, 6.45) is 2.95. The SMILES string of the molecule is C=C(F)C(=O)N1CCN(c2nc(OCC34CCCN3CC(F)C4)nc3c2NC(=O)C2(CCCc4c(Cl)cc(F)cc42)C3)CC1CC#N. The number of alkyl halides is 1. The van der Waals surface area contributed by atoms with Gasteiger partial charge < -0.3 is 19.9 Å². The van der Waals surface area contributed by atoms with Crippen LogP contribution in [0.3, 0.4) is 0 Å². The van der Waals surface area contributed by atoms with E-state index in [0.29, 0.717) is 55.0 Å². The number of hydrogen-bond acceptors (Lipinski definition) is 8. The van der Waals surface area contributed by atoms with Gasteiger partial charge in [-0.15, -0.1) is 0 Å². The van der Waals surface area contributed by atoms with E-state index in [4.69, 9.17) is 26.3 Å². The van der Waals surface area contributed by atoms with Crippen LogP contribution in [0.25, 0.3) is 0 Å². The fourth-order valence-electron chi connectivity index (χ4n) is 8.42. The Kier molecular flexibility index (Phi) is 8.07. The summed E-state index contributed by atoms with van der Waals surface area (Å²) in [7, 11) is 0. The second-order valence-corrected chi connectivity index (χ2v) is 13.8. The van der Waals surface area contributed by atoms with Crippen molar-refractivity contribution in [2.45, 2.75) is 74.5 Å². The predicted molar refractivity (Wildman–Crippen MR) is 167 cm³/mol. The van der Waals surface area contributed by atoms with Crippen LogP contribution in [-0.4, -0.2) is 88.7 Å². The summed E-state index contributed by atoms with van der Waals surface area (Å²) in [6, 6.07) is 4.09. The first-order chi connectivity index (χ1) is 22.5. The first-order valence-electron chi connectivity index (χ1n) is 16.0. The number of halogens is 4. The number of ether oxygens (including phenoxy) is 1. The number of anilines is 2. The Morgan fingerprint density at radius 2 is 2.04 bits per heavy atom. The molecule has 5 heterocycles. The number of aromatic nitrogens is 2. The average Bonchev–Trinajstić information content (AvgIpc) is 3.56. The Bertz CT molecular complexity index is 1700. The van der Waals surface area contributed by atoms with Gasteiger partial charge >= 0.3 is 6.01 Å². The summed E-state index contributed by atoms with van der Waals surface area (Å²) in [5, 5.41) is 12.8. The lowest BCUT2D eigenvalue weighted by Crippen LogP contribution is -2.56. The van der Waals surface area contributed by atoms with Crippen LogP contribution in [0.15, 0.2) is 24.5 Å². The van der Waals surface area contributed by atoms with Crippen LogP contribution < -0.4 is 15.0 Å². The molecule has 4 aliphatic heterocycles. The first-order valence-corrected chi connectivity index (χ1v) is 16.4. The van der Waals surface area contributed by atoms with E-state index >= 15 is 0 Å². The highest BCUT2D eigenvalue weighted by atomic mass is 35.5. The van der Waals surface area contributed by atoms with Crippen molar-refractivity contribution >= 4 is 34.9 Å². The van der Waals surface area contributed by atoms with Crippen molar-refractivity contribution in [3.63, 3.8) is 0 Å². The molecule has 0 radical (unpaired) electrons. The lowest BCUT2D eigenvalue weighted by atomic mass is 9.65. The van der Waals surface area contributed by atoms with Crippen molar-refractivity contribution in [2.24, 2.45) is 0 Å². The predicted octanol–water partition coefficient (Wildman–Crippen LogP) is 4.41. The van der Waals surface area contributed by atoms with Gasteiger partial charge in [0.2, 0.25) is 5.91 Å². The number of carbonyl (C=O) groups excluding carboxylic acids is 2. The second kappa shape index (κ2) is 12.0. The number of rotatable bonds is 6. The number of nitrogens with zero attached hydrogens (tertiary/aromatic N) is 6. The smallest absolute Gasteiger partial charge is 0.318 e. The van der Waals surface area contributed by atoms with Gasteiger partial charge in [-0.2, -0.15) is 15.2 Å². The molecule has 0 saturated carbocycles. The third-order valence-corrected chi connectivity index (χ3v) is 11.0. The number of fused-ring (bicyclic) bond motifs is 4. The minimum absolute atomic E-state index is 0.0503. The van der Waals surface area contributed by atoms with Crippen LogP contribution in [0.2, 0.25) is 5.02 Å². The highest BCUT2D eigenvalue weighted by Crippen LogP contribution is 2.48. The molecule has 7 rings (SSSR count). The minimum atomic E-state index is -1.13. The van der Waals surface area contributed by atoms with E-state index in [9.17, 15) is 28.0 Å². The standard InChI is InChI=1S/C33H35ClF3N7O3/c1-19(35)29(45)44-11-10-42(17-22(44)5-8-38)28-27-26(39-31(41-28)47-18-32-6-3-9-43(32)16-21(37)14-32)15-33(30(46)40-27)7-2-4-23-24(33)12-20(36)13-25(23)34/h12-13,21-22H,1-7,9-11,14-18H2,(H,40,46). The molecule has 1 N–H and O–H groups in total. The van der Waals surface area contributed by atoms with Crippen molar-refractivity contribution in [1.29, 1.82) is 5.26 Å². The van der Waals surface area contributed by atoms with Crippen molar-refractivity contribution in [3.8, 4) is 12.1 Å². The molecule has 14 heteroatoms. The lowest BCUT2D eigenvalue weighted by Gasteiger charge is -2.44. The van der Waals surface area contributed by atoms with E-state index in [1.54, 1.807) is 0 Å². The van der Waals surface area contributed by atoms with Gasteiger partial charge in [0, 0.05) is 44.0 Å². The van der Waals surface area contributed by atoms with Gasteiger partial charge in [-0.3, -0.25) is 14.5 Å². The monoisotopic (exact) mass is 669 g/mol.